The van der Waals surface area contributed by atoms with Crippen molar-refractivity contribution in [2.45, 2.75) is 18.2 Å². The van der Waals surface area contributed by atoms with Crippen molar-refractivity contribution in [3.8, 4) is 0 Å². The Morgan fingerprint density at radius 2 is 2.22 bits per heavy atom. The minimum Gasteiger partial charge on any atom is -0.312 e. The van der Waals surface area contributed by atoms with Gasteiger partial charge in [0.25, 0.3) is 6.43 Å². The van der Waals surface area contributed by atoms with E-state index in [1.807, 2.05) is 29.6 Å². The van der Waals surface area contributed by atoms with Gasteiger partial charge in [-0.2, -0.15) is 23.5 Å². The van der Waals surface area contributed by atoms with Crippen LogP contribution in [0.15, 0.2) is 24.3 Å². The van der Waals surface area contributed by atoms with Gasteiger partial charge in [-0.25, -0.2) is 8.78 Å². The first kappa shape index (κ1) is 14.2. The summed E-state index contributed by atoms with van der Waals surface area (Å²) in [6, 6.07) is 6.65. The Hall–Kier alpha value is -0.260. The van der Waals surface area contributed by atoms with E-state index in [-0.39, 0.29) is 5.56 Å². The Kier molecular flexibility index (Phi) is 5.79. The summed E-state index contributed by atoms with van der Waals surface area (Å²) < 4.78 is 25.1. The molecule has 2 rings (SSSR count). The van der Waals surface area contributed by atoms with Crippen molar-refractivity contribution < 1.29 is 8.78 Å². The van der Waals surface area contributed by atoms with Crippen LogP contribution in [-0.2, 0) is 6.54 Å². The Labute approximate surface area is 115 Å². The van der Waals surface area contributed by atoms with Gasteiger partial charge in [-0.05, 0) is 11.6 Å². The van der Waals surface area contributed by atoms with E-state index in [9.17, 15) is 8.78 Å². The van der Waals surface area contributed by atoms with Crippen LogP contribution in [0.1, 0.15) is 17.6 Å². The van der Waals surface area contributed by atoms with Gasteiger partial charge in [-0.3, -0.25) is 0 Å². The third kappa shape index (κ3) is 4.44. The van der Waals surface area contributed by atoms with Crippen LogP contribution in [0.2, 0.25) is 0 Å². The second kappa shape index (κ2) is 7.36. The average Bonchev–Trinajstić information content (AvgIpc) is 2.40. The van der Waals surface area contributed by atoms with E-state index in [1.165, 1.54) is 23.3 Å². The number of rotatable bonds is 5. The maximum Gasteiger partial charge on any atom is 0.263 e. The largest absolute Gasteiger partial charge is 0.312 e. The third-order valence-electron chi connectivity index (χ3n) is 2.79. The highest BCUT2D eigenvalue weighted by Gasteiger charge is 2.13. The molecule has 1 nitrogen and oxygen atoms in total. The average molecular weight is 289 g/mol. The Morgan fingerprint density at radius 1 is 1.33 bits per heavy atom. The molecule has 1 aliphatic rings. The molecule has 0 spiro atoms. The molecule has 0 amide bonds. The van der Waals surface area contributed by atoms with Gasteiger partial charge in [0.05, 0.1) is 0 Å². The topological polar surface area (TPSA) is 12.0 Å². The lowest BCUT2D eigenvalue weighted by molar-refractivity contribution is 0.151. The van der Waals surface area contributed by atoms with E-state index in [0.717, 1.165) is 12.1 Å². The zero-order valence-electron chi connectivity index (χ0n) is 10.1. The zero-order chi connectivity index (χ0) is 12.8. The molecule has 0 radical (unpaired) electrons. The number of nitrogens with one attached hydrogen (secondary N) is 1. The lowest BCUT2D eigenvalue weighted by Crippen LogP contribution is -2.28. The van der Waals surface area contributed by atoms with Crippen LogP contribution in [0.4, 0.5) is 8.78 Å². The van der Waals surface area contributed by atoms with Crippen molar-refractivity contribution in [3.05, 3.63) is 35.4 Å². The van der Waals surface area contributed by atoms with E-state index in [4.69, 9.17) is 0 Å². The normalized spacial score (nSPS) is 20.3. The van der Waals surface area contributed by atoms with Gasteiger partial charge in [0.1, 0.15) is 0 Å². The highest BCUT2D eigenvalue weighted by atomic mass is 32.2. The van der Waals surface area contributed by atoms with Gasteiger partial charge in [0.2, 0.25) is 0 Å². The van der Waals surface area contributed by atoms with Gasteiger partial charge in [-0.1, -0.05) is 18.2 Å². The summed E-state index contributed by atoms with van der Waals surface area (Å²) in [7, 11) is 0. The number of thioether (sulfide) groups is 2. The van der Waals surface area contributed by atoms with E-state index >= 15 is 0 Å². The molecule has 100 valence electrons. The van der Waals surface area contributed by atoms with Crippen molar-refractivity contribution in [2.24, 2.45) is 0 Å². The fraction of sp³-hybridized carbons (Fsp3) is 0.538. The number of halogens is 2. The Balaban J connectivity index is 1.77. The summed E-state index contributed by atoms with van der Waals surface area (Å²) in [4.78, 5) is 0. The predicted octanol–water partition coefficient (Wildman–Crippen LogP) is 3.56. The lowest BCUT2D eigenvalue weighted by Gasteiger charge is -2.21. The molecule has 1 aliphatic heterocycles. The minimum absolute atomic E-state index is 0.108. The second-order valence-electron chi connectivity index (χ2n) is 4.24. The standard InChI is InChI=1S/C13H17F2NS2/c14-13(15)11-3-1-2-10(6-11)7-16-8-12-9-17-4-5-18-12/h1-3,6,12-13,16H,4-5,7-9H2. The number of benzene rings is 1. The molecule has 1 N–H and O–H groups in total. The predicted molar refractivity (Wildman–Crippen MR) is 76.7 cm³/mol. The summed E-state index contributed by atoms with van der Waals surface area (Å²) in [5.74, 6) is 3.66. The van der Waals surface area contributed by atoms with Crippen LogP contribution in [0.25, 0.3) is 0 Å². The Morgan fingerprint density at radius 3 is 2.94 bits per heavy atom. The molecular formula is C13H17F2NS2. The number of hydrogen-bond acceptors (Lipinski definition) is 3. The van der Waals surface area contributed by atoms with Crippen LogP contribution < -0.4 is 5.32 Å². The monoisotopic (exact) mass is 289 g/mol. The molecule has 1 aromatic carbocycles. The summed E-state index contributed by atoms with van der Waals surface area (Å²) >= 11 is 4.00. The van der Waals surface area contributed by atoms with Crippen molar-refractivity contribution >= 4 is 23.5 Å². The van der Waals surface area contributed by atoms with E-state index in [2.05, 4.69) is 5.32 Å². The quantitative estimate of drug-likeness (QED) is 0.890. The van der Waals surface area contributed by atoms with Crippen molar-refractivity contribution in [1.82, 2.24) is 5.32 Å². The van der Waals surface area contributed by atoms with Crippen molar-refractivity contribution in [3.63, 3.8) is 0 Å². The SMILES string of the molecule is FC(F)c1cccc(CNCC2CSCCS2)c1. The van der Waals surface area contributed by atoms with Gasteiger partial charge < -0.3 is 5.32 Å². The molecule has 1 unspecified atom stereocenters. The first-order valence-corrected chi connectivity index (χ1v) is 8.23. The zero-order valence-corrected chi connectivity index (χ0v) is 11.7. The highest BCUT2D eigenvalue weighted by Crippen LogP contribution is 2.23. The summed E-state index contributed by atoms with van der Waals surface area (Å²) in [6.45, 7) is 1.62. The van der Waals surface area contributed by atoms with Crippen molar-refractivity contribution in [1.29, 1.82) is 0 Å². The van der Waals surface area contributed by atoms with E-state index < -0.39 is 6.43 Å². The second-order valence-corrected chi connectivity index (χ2v) is 6.80. The number of alkyl halides is 2. The maximum absolute atomic E-state index is 12.5. The molecule has 1 aromatic rings. The van der Waals surface area contributed by atoms with Crippen LogP contribution in [0, 0.1) is 0 Å². The van der Waals surface area contributed by atoms with Crippen molar-refractivity contribution in [2.75, 3.05) is 23.8 Å². The molecule has 0 aromatic heterocycles. The molecule has 0 aliphatic carbocycles. The van der Waals surface area contributed by atoms with Crippen LogP contribution in [0.5, 0.6) is 0 Å². The van der Waals surface area contributed by atoms with Crippen LogP contribution >= 0.6 is 23.5 Å². The van der Waals surface area contributed by atoms with Gasteiger partial charge >= 0.3 is 0 Å². The summed E-state index contributed by atoms with van der Waals surface area (Å²) in [5.41, 5.74) is 1.04. The molecule has 0 saturated carbocycles. The molecule has 1 fully saturated rings. The summed E-state index contributed by atoms with van der Waals surface area (Å²) in [5, 5.41) is 4.01. The van der Waals surface area contributed by atoms with E-state index in [1.54, 1.807) is 12.1 Å². The number of hydrogen-bond donors (Lipinski definition) is 1. The first-order valence-electron chi connectivity index (χ1n) is 6.03. The molecule has 18 heavy (non-hydrogen) atoms. The highest BCUT2D eigenvalue weighted by molar-refractivity contribution is 8.06. The molecule has 1 heterocycles. The lowest BCUT2D eigenvalue weighted by atomic mass is 10.1. The smallest absolute Gasteiger partial charge is 0.263 e. The van der Waals surface area contributed by atoms with Gasteiger partial charge in [-0.15, -0.1) is 0 Å². The molecule has 0 bridgehead atoms. The molecule has 1 atom stereocenters. The third-order valence-corrected chi connectivity index (χ3v) is 5.63. The van der Waals surface area contributed by atoms with E-state index in [0.29, 0.717) is 11.8 Å². The van der Waals surface area contributed by atoms with Gasteiger partial charge in [0, 0.05) is 41.2 Å². The Bertz CT molecular complexity index is 368. The molecule has 1 saturated heterocycles. The fourth-order valence-electron chi connectivity index (χ4n) is 1.87. The summed E-state index contributed by atoms with van der Waals surface area (Å²) in [6.07, 6.45) is -2.38. The van der Waals surface area contributed by atoms with Crippen LogP contribution in [-0.4, -0.2) is 29.1 Å². The molecule has 5 heteroatoms. The fourth-order valence-corrected chi connectivity index (χ4v) is 4.52. The maximum atomic E-state index is 12.5. The minimum atomic E-state index is -2.38. The van der Waals surface area contributed by atoms with Crippen LogP contribution in [0.3, 0.4) is 0 Å². The first-order chi connectivity index (χ1) is 8.75. The van der Waals surface area contributed by atoms with Gasteiger partial charge in [0.15, 0.2) is 0 Å². The molecular weight excluding hydrogens is 272 g/mol.